The molecule has 3 rings (SSSR count). The lowest BCUT2D eigenvalue weighted by Gasteiger charge is -2.38. The molecule has 2 aromatic carbocycles. The molecule has 1 atom stereocenters. The minimum absolute atomic E-state index is 0.115. The van der Waals surface area contributed by atoms with Crippen LogP contribution in [0.3, 0.4) is 0 Å². The Morgan fingerprint density at radius 1 is 1.17 bits per heavy atom. The maximum absolute atomic E-state index is 13.1. The molecule has 1 N–H and O–H groups in total. The van der Waals surface area contributed by atoms with E-state index in [1.165, 1.54) is 11.4 Å². The average molecular weight is 417 g/mol. The minimum atomic E-state index is -3.67. The van der Waals surface area contributed by atoms with Crippen molar-refractivity contribution in [1.29, 1.82) is 0 Å². The number of aryl methyl sites for hydroxylation is 1. The van der Waals surface area contributed by atoms with Crippen molar-refractivity contribution in [1.82, 2.24) is 9.62 Å². The Balaban J connectivity index is 1.72. The summed E-state index contributed by atoms with van der Waals surface area (Å²) in [5, 5.41) is 3.00. The Bertz CT molecular complexity index is 973. The number of benzene rings is 2. The van der Waals surface area contributed by atoms with E-state index in [4.69, 9.17) is 4.74 Å². The van der Waals surface area contributed by atoms with Gasteiger partial charge in [-0.25, -0.2) is 8.42 Å². The lowest BCUT2D eigenvalue weighted by molar-refractivity contribution is -0.132. The monoisotopic (exact) mass is 416 g/mol. The number of hydrogen-bond acceptors (Lipinski definition) is 4. The van der Waals surface area contributed by atoms with Gasteiger partial charge in [0.2, 0.25) is 15.9 Å². The number of piperidine rings is 1. The first-order valence-corrected chi connectivity index (χ1v) is 11.2. The first-order chi connectivity index (χ1) is 13.8. The van der Waals surface area contributed by atoms with Gasteiger partial charge in [0, 0.05) is 19.6 Å². The highest BCUT2D eigenvalue weighted by Crippen LogP contribution is 2.33. The van der Waals surface area contributed by atoms with Crippen molar-refractivity contribution >= 4 is 15.9 Å². The number of carbonyl (C=O) groups excluding carboxylic acids is 1. The molecule has 7 heteroatoms. The molecule has 29 heavy (non-hydrogen) atoms. The third kappa shape index (κ3) is 4.62. The molecule has 2 aromatic rings. The molecule has 0 aromatic heterocycles. The van der Waals surface area contributed by atoms with Crippen molar-refractivity contribution in [3.8, 4) is 5.75 Å². The molecule has 1 aliphatic rings. The summed E-state index contributed by atoms with van der Waals surface area (Å²) in [4.78, 5) is 13.2. The summed E-state index contributed by atoms with van der Waals surface area (Å²) in [6, 6.07) is 14.2. The van der Waals surface area contributed by atoms with Crippen LogP contribution in [-0.2, 0) is 21.4 Å². The molecule has 0 radical (unpaired) electrons. The zero-order valence-electron chi connectivity index (χ0n) is 17.1. The number of rotatable bonds is 6. The number of nitrogens with one attached hydrogen (secondary N) is 1. The Hall–Kier alpha value is -2.38. The molecule has 1 unspecified atom stereocenters. The third-order valence-electron chi connectivity index (χ3n) is 5.61. The van der Waals surface area contributed by atoms with Crippen LogP contribution in [0.5, 0.6) is 5.75 Å². The van der Waals surface area contributed by atoms with Crippen LogP contribution in [0.25, 0.3) is 0 Å². The van der Waals surface area contributed by atoms with E-state index in [9.17, 15) is 13.2 Å². The molecule has 1 amide bonds. The Labute approximate surface area is 172 Å². The fraction of sp³-hybridized carbons (Fsp3) is 0.409. The minimum Gasteiger partial charge on any atom is -0.497 e. The SMILES string of the molecule is COc1ccc(S(=O)(=O)N2CCCC(C)(C(=O)NCc3ccccc3C)C2)cc1. The van der Waals surface area contributed by atoms with Gasteiger partial charge >= 0.3 is 0 Å². The molecule has 1 fully saturated rings. The van der Waals surface area contributed by atoms with E-state index in [1.807, 2.05) is 38.1 Å². The highest BCUT2D eigenvalue weighted by molar-refractivity contribution is 7.89. The van der Waals surface area contributed by atoms with Crippen molar-refractivity contribution in [3.63, 3.8) is 0 Å². The van der Waals surface area contributed by atoms with Gasteiger partial charge in [0.1, 0.15) is 5.75 Å². The molecule has 0 bridgehead atoms. The summed E-state index contributed by atoms with van der Waals surface area (Å²) < 4.78 is 32.7. The number of methoxy groups -OCH3 is 1. The van der Waals surface area contributed by atoms with Gasteiger partial charge in [-0.05, 0) is 62.1 Å². The predicted octanol–water partition coefficient (Wildman–Crippen LogP) is 3.11. The highest BCUT2D eigenvalue weighted by Gasteiger charge is 2.41. The first-order valence-electron chi connectivity index (χ1n) is 9.73. The Kier molecular flexibility index (Phi) is 6.29. The van der Waals surface area contributed by atoms with Gasteiger partial charge in [-0.3, -0.25) is 4.79 Å². The van der Waals surface area contributed by atoms with Crippen molar-refractivity contribution in [2.75, 3.05) is 20.2 Å². The summed E-state index contributed by atoms with van der Waals surface area (Å²) in [7, 11) is -2.13. The normalized spacial score (nSPS) is 20.2. The molecule has 0 saturated carbocycles. The summed E-state index contributed by atoms with van der Waals surface area (Å²) >= 11 is 0. The number of sulfonamides is 1. The maximum Gasteiger partial charge on any atom is 0.243 e. The van der Waals surface area contributed by atoms with Gasteiger partial charge in [-0.2, -0.15) is 4.31 Å². The summed E-state index contributed by atoms with van der Waals surface area (Å²) in [5.41, 5.74) is 1.41. The number of ether oxygens (including phenoxy) is 1. The second-order valence-electron chi connectivity index (χ2n) is 7.79. The first kappa shape index (κ1) is 21.3. The van der Waals surface area contributed by atoms with Crippen molar-refractivity contribution in [2.24, 2.45) is 5.41 Å². The van der Waals surface area contributed by atoms with Crippen LogP contribution < -0.4 is 10.1 Å². The Morgan fingerprint density at radius 2 is 1.86 bits per heavy atom. The summed E-state index contributed by atoms with van der Waals surface area (Å²) in [6.07, 6.45) is 1.30. The molecule has 0 aliphatic carbocycles. The summed E-state index contributed by atoms with van der Waals surface area (Å²) in [6.45, 7) is 4.87. The van der Waals surface area contributed by atoms with Crippen LogP contribution >= 0.6 is 0 Å². The lowest BCUT2D eigenvalue weighted by atomic mass is 9.82. The van der Waals surface area contributed by atoms with E-state index in [2.05, 4.69) is 5.32 Å². The van der Waals surface area contributed by atoms with E-state index in [-0.39, 0.29) is 17.3 Å². The van der Waals surface area contributed by atoms with E-state index >= 15 is 0 Å². The van der Waals surface area contributed by atoms with Crippen LogP contribution in [0.2, 0.25) is 0 Å². The van der Waals surface area contributed by atoms with Gasteiger partial charge < -0.3 is 10.1 Å². The molecule has 1 saturated heterocycles. The quantitative estimate of drug-likeness (QED) is 0.785. The fourth-order valence-electron chi connectivity index (χ4n) is 3.68. The fourth-order valence-corrected chi connectivity index (χ4v) is 5.28. The van der Waals surface area contributed by atoms with Crippen molar-refractivity contribution in [3.05, 3.63) is 59.7 Å². The smallest absolute Gasteiger partial charge is 0.243 e. The van der Waals surface area contributed by atoms with Crippen LogP contribution in [-0.4, -0.2) is 38.8 Å². The number of amides is 1. The summed E-state index contributed by atoms with van der Waals surface area (Å²) in [5.74, 6) is 0.485. The molecule has 156 valence electrons. The zero-order valence-corrected chi connectivity index (χ0v) is 18.0. The molecule has 1 heterocycles. The van der Waals surface area contributed by atoms with E-state index in [0.717, 1.165) is 11.1 Å². The van der Waals surface area contributed by atoms with Crippen LogP contribution in [0.4, 0.5) is 0 Å². The van der Waals surface area contributed by atoms with Crippen LogP contribution in [0.1, 0.15) is 30.9 Å². The van der Waals surface area contributed by atoms with Gasteiger partial charge in [0.05, 0.1) is 17.4 Å². The zero-order chi connectivity index (χ0) is 21.1. The predicted molar refractivity (Wildman–Crippen MR) is 112 cm³/mol. The van der Waals surface area contributed by atoms with E-state index < -0.39 is 15.4 Å². The second kappa shape index (κ2) is 8.55. The largest absolute Gasteiger partial charge is 0.497 e. The van der Waals surface area contributed by atoms with Gasteiger partial charge in [-0.15, -0.1) is 0 Å². The number of nitrogens with zero attached hydrogens (tertiary/aromatic N) is 1. The van der Waals surface area contributed by atoms with Crippen LogP contribution in [0, 0.1) is 12.3 Å². The topological polar surface area (TPSA) is 75.7 Å². The van der Waals surface area contributed by atoms with Crippen molar-refractivity contribution in [2.45, 2.75) is 38.1 Å². The molecule has 6 nitrogen and oxygen atoms in total. The Morgan fingerprint density at radius 3 is 2.52 bits per heavy atom. The molecular formula is C22H28N2O4S. The second-order valence-corrected chi connectivity index (χ2v) is 9.73. The molecule has 1 aliphatic heterocycles. The highest BCUT2D eigenvalue weighted by atomic mass is 32.2. The van der Waals surface area contributed by atoms with Gasteiger partial charge in [0.25, 0.3) is 0 Å². The van der Waals surface area contributed by atoms with Gasteiger partial charge in [0.15, 0.2) is 0 Å². The lowest BCUT2D eigenvalue weighted by Crippen LogP contribution is -2.51. The number of carbonyl (C=O) groups is 1. The number of hydrogen-bond donors (Lipinski definition) is 1. The molecule has 0 spiro atoms. The molecular weight excluding hydrogens is 388 g/mol. The maximum atomic E-state index is 13.1. The van der Waals surface area contributed by atoms with Crippen molar-refractivity contribution < 1.29 is 17.9 Å². The van der Waals surface area contributed by atoms with E-state index in [0.29, 0.717) is 31.7 Å². The van der Waals surface area contributed by atoms with Gasteiger partial charge in [-0.1, -0.05) is 24.3 Å². The van der Waals surface area contributed by atoms with E-state index in [1.54, 1.807) is 24.3 Å². The third-order valence-corrected chi connectivity index (χ3v) is 7.47. The average Bonchev–Trinajstić information content (AvgIpc) is 2.73. The van der Waals surface area contributed by atoms with Crippen LogP contribution in [0.15, 0.2) is 53.4 Å². The standard InChI is InChI=1S/C22H28N2O4S/c1-17-7-4-5-8-18(17)15-23-21(25)22(2)13-6-14-24(16-22)29(26,27)20-11-9-19(28-3)10-12-20/h4-5,7-12H,6,13-16H2,1-3H3,(H,23,25).